The lowest BCUT2D eigenvalue weighted by atomic mass is 10.3. The number of aromatic nitrogens is 1. The zero-order valence-corrected chi connectivity index (χ0v) is 11.2. The van der Waals surface area contributed by atoms with Gasteiger partial charge >= 0.3 is 11.7 Å². The van der Waals surface area contributed by atoms with E-state index in [2.05, 4.69) is 15.0 Å². The van der Waals surface area contributed by atoms with Crippen LogP contribution in [-0.2, 0) is 15.5 Å². The molecule has 8 nitrogen and oxygen atoms in total. The largest absolute Gasteiger partial charge is 0.464 e. The summed E-state index contributed by atoms with van der Waals surface area (Å²) >= 11 is 0. The summed E-state index contributed by atoms with van der Waals surface area (Å²) in [5.74, 6) is -0.406. The fourth-order valence-electron chi connectivity index (χ4n) is 1.26. The van der Waals surface area contributed by atoms with Crippen LogP contribution in [0.2, 0.25) is 0 Å². The highest BCUT2D eigenvalue weighted by Crippen LogP contribution is 2.22. The van der Waals surface area contributed by atoms with Gasteiger partial charge in [0, 0.05) is 35.4 Å². The van der Waals surface area contributed by atoms with Gasteiger partial charge in [0.15, 0.2) is 5.69 Å². The Morgan fingerprint density at radius 3 is 2.79 bits per heavy atom. The number of nitrogens with one attached hydrogen (secondary N) is 1. The van der Waals surface area contributed by atoms with Crippen molar-refractivity contribution in [3.63, 3.8) is 0 Å². The minimum Gasteiger partial charge on any atom is -0.464 e. The smallest absolute Gasteiger partial charge is 0.356 e. The number of anilines is 1. The Morgan fingerprint density at radius 1 is 1.58 bits per heavy atom. The summed E-state index contributed by atoms with van der Waals surface area (Å²) in [5.41, 5.74) is -0.289. The molecule has 0 amide bonds. The predicted molar refractivity (Wildman–Crippen MR) is 69.7 cm³/mol. The van der Waals surface area contributed by atoms with E-state index in [-0.39, 0.29) is 23.7 Å². The maximum atomic E-state index is 11.3. The summed E-state index contributed by atoms with van der Waals surface area (Å²) in [7, 11) is 0.169. The van der Waals surface area contributed by atoms with E-state index in [9.17, 15) is 19.1 Å². The molecule has 0 aliphatic carbocycles. The fourth-order valence-corrected chi connectivity index (χ4v) is 1.65. The van der Waals surface area contributed by atoms with Crippen LogP contribution >= 0.6 is 0 Å². The van der Waals surface area contributed by atoms with Crippen LogP contribution in [0, 0.1) is 10.1 Å². The maximum Gasteiger partial charge on any atom is 0.356 e. The lowest BCUT2D eigenvalue weighted by molar-refractivity contribution is -0.384. The highest BCUT2D eigenvalue weighted by molar-refractivity contribution is 7.84. The second-order valence-electron chi connectivity index (χ2n) is 3.52. The molecule has 1 unspecified atom stereocenters. The van der Waals surface area contributed by atoms with Crippen LogP contribution in [0.15, 0.2) is 12.1 Å². The number of ether oxygens (including phenoxy) is 1. The SMILES string of the molecule is COC(=O)c1ccc([N+](=O)[O-])c(NCCS(C)=O)n1. The number of nitrogens with zero attached hydrogens (tertiary/aromatic N) is 2. The molecule has 1 aromatic rings. The number of hydrogen-bond donors (Lipinski definition) is 1. The van der Waals surface area contributed by atoms with Crippen molar-refractivity contribution in [2.24, 2.45) is 0 Å². The molecule has 1 rings (SSSR count). The number of pyridine rings is 1. The molecule has 1 aromatic heterocycles. The number of hydrogen-bond acceptors (Lipinski definition) is 7. The molecule has 0 spiro atoms. The molecule has 0 bridgehead atoms. The Balaban J connectivity index is 2.98. The number of methoxy groups -OCH3 is 1. The van der Waals surface area contributed by atoms with Gasteiger partial charge in [0.25, 0.3) is 0 Å². The van der Waals surface area contributed by atoms with Gasteiger partial charge in [0.1, 0.15) is 0 Å². The van der Waals surface area contributed by atoms with Crippen molar-refractivity contribution in [2.75, 3.05) is 31.0 Å². The Morgan fingerprint density at radius 2 is 2.26 bits per heavy atom. The Bertz CT molecular complexity index is 520. The molecular formula is C10H13N3O5S. The van der Waals surface area contributed by atoms with Crippen LogP contribution < -0.4 is 5.32 Å². The highest BCUT2D eigenvalue weighted by atomic mass is 32.2. The molecule has 1 heterocycles. The van der Waals surface area contributed by atoms with Crippen molar-refractivity contribution < 1.29 is 18.7 Å². The first-order valence-electron chi connectivity index (χ1n) is 5.23. The second-order valence-corrected chi connectivity index (χ2v) is 5.07. The summed E-state index contributed by atoms with van der Waals surface area (Å²) in [6, 6.07) is 2.39. The molecule has 0 aromatic carbocycles. The molecule has 1 atom stereocenters. The first kappa shape index (κ1) is 15.0. The van der Waals surface area contributed by atoms with Crippen LogP contribution in [-0.4, -0.2) is 45.7 Å². The molecule has 0 fully saturated rings. The minimum atomic E-state index is -1.02. The highest BCUT2D eigenvalue weighted by Gasteiger charge is 2.18. The normalized spacial score (nSPS) is 11.7. The van der Waals surface area contributed by atoms with E-state index in [4.69, 9.17) is 0 Å². The van der Waals surface area contributed by atoms with Crippen molar-refractivity contribution in [3.05, 3.63) is 27.9 Å². The number of esters is 1. The Kier molecular flexibility index (Phi) is 5.37. The molecule has 19 heavy (non-hydrogen) atoms. The number of carbonyl (C=O) groups is 1. The van der Waals surface area contributed by atoms with Gasteiger partial charge in [0.05, 0.1) is 12.0 Å². The third-order valence-corrected chi connectivity index (χ3v) is 2.93. The van der Waals surface area contributed by atoms with Crippen molar-refractivity contribution in [1.29, 1.82) is 0 Å². The topological polar surface area (TPSA) is 111 Å². The van der Waals surface area contributed by atoms with E-state index >= 15 is 0 Å². The number of nitro groups is 1. The lowest BCUT2D eigenvalue weighted by Gasteiger charge is -2.06. The first-order valence-corrected chi connectivity index (χ1v) is 6.96. The van der Waals surface area contributed by atoms with Crippen LogP contribution in [0.1, 0.15) is 10.5 Å². The molecule has 1 N–H and O–H groups in total. The minimum absolute atomic E-state index is 0.0341. The number of rotatable bonds is 6. The first-order chi connectivity index (χ1) is 8.95. The van der Waals surface area contributed by atoms with Gasteiger partial charge < -0.3 is 10.1 Å². The quantitative estimate of drug-likeness (QED) is 0.462. The fraction of sp³-hybridized carbons (Fsp3) is 0.400. The number of carbonyl (C=O) groups excluding carboxylic acids is 1. The summed E-state index contributed by atoms with van der Waals surface area (Å²) in [6.45, 7) is 0.252. The second kappa shape index (κ2) is 6.78. The molecule has 0 saturated carbocycles. The van der Waals surface area contributed by atoms with Crippen LogP contribution in [0.5, 0.6) is 0 Å². The predicted octanol–water partition coefficient (Wildman–Crippen LogP) is 0.567. The van der Waals surface area contributed by atoms with E-state index in [1.54, 1.807) is 0 Å². The van der Waals surface area contributed by atoms with Gasteiger partial charge in [-0.3, -0.25) is 14.3 Å². The van der Waals surface area contributed by atoms with Gasteiger partial charge in [-0.05, 0) is 6.07 Å². The van der Waals surface area contributed by atoms with Crippen molar-refractivity contribution in [1.82, 2.24) is 4.98 Å². The monoisotopic (exact) mass is 287 g/mol. The molecular weight excluding hydrogens is 274 g/mol. The van der Waals surface area contributed by atoms with Crippen LogP contribution in [0.25, 0.3) is 0 Å². The third kappa shape index (κ3) is 4.28. The van der Waals surface area contributed by atoms with E-state index in [0.717, 1.165) is 0 Å². The van der Waals surface area contributed by atoms with Gasteiger partial charge in [-0.1, -0.05) is 0 Å². The zero-order valence-electron chi connectivity index (χ0n) is 10.4. The van der Waals surface area contributed by atoms with E-state index in [0.29, 0.717) is 5.75 Å². The standard InChI is InChI=1S/C10H13N3O5S/c1-18-10(14)7-3-4-8(13(15)16)9(12-7)11-5-6-19(2)17/h3-4H,5-6H2,1-2H3,(H,11,12). The van der Waals surface area contributed by atoms with Crippen molar-refractivity contribution in [3.8, 4) is 0 Å². The average Bonchev–Trinajstić information content (AvgIpc) is 2.37. The third-order valence-electron chi connectivity index (χ3n) is 2.15. The average molecular weight is 287 g/mol. The van der Waals surface area contributed by atoms with Gasteiger partial charge in [0.2, 0.25) is 5.82 Å². The summed E-state index contributed by atoms with van der Waals surface area (Å²) in [5, 5.41) is 13.5. The zero-order chi connectivity index (χ0) is 14.4. The Hall–Kier alpha value is -2.03. The molecule has 104 valence electrons. The summed E-state index contributed by atoms with van der Waals surface area (Å²) in [6.07, 6.45) is 1.52. The van der Waals surface area contributed by atoms with Crippen LogP contribution in [0.3, 0.4) is 0 Å². The van der Waals surface area contributed by atoms with E-state index < -0.39 is 21.7 Å². The lowest BCUT2D eigenvalue weighted by Crippen LogP contribution is -2.14. The molecule has 0 saturated heterocycles. The molecule has 0 radical (unpaired) electrons. The van der Waals surface area contributed by atoms with Gasteiger partial charge in [-0.2, -0.15) is 0 Å². The summed E-state index contributed by atoms with van der Waals surface area (Å²) < 4.78 is 15.4. The van der Waals surface area contributed by atoms with Gasteiger partial charge in [-0.15, -0.1) is 0 Å². The van der Waals surface area contributed by atoms with Crippen molar-refractivity contribution >= 4 is 28.3 Å². The maximum absolute atomic E-state index is 11.3. The van der Waals surface area contributed by atoms with E-state index in [1.165, 1.54) is 25.5 Å². The van der Waals surface area contributed by atoms with Crippen LogP contribution in [0.4, 0.5) is 11.5 Å². The molecule has 9 heteroatoms. The van der Waals surface area contributed by atoms with Crippen molar-refractivity contribution in [2.45, 2.75) is 0 Å². The summed E-state index contributed by atoms with van der Waals surface area (Å²) in [4.78, 5) is 25.3. The van der Waals surface area contributed by atoms with Gasteiger partial charge in [-0.25, -0.2) is 9.78 Å². The van der Waals surface area contributed by atoms with E-state index in [1.807, 2.05) is 0 Å². The molecule has 0 aliphatic heterocycles. The Labute approximate surface area is 111 Å². The molecule has 0 aliphatic rings.